The maximum atomic E-state index is 3.53. The van der Waals surface area contributed by atoms with E-state index in [0.29, 0.717) is 0 Å². The summed E-state index contributed by atoms with van der Waals surface area (Å²) >= 11 is 0. The van der Waals surface area contributed by atoms with E-state index in [1.54, 1.807) is 25.4 Å². The lowest BCUT2D eigenvalue weighted by Gasteiger charge is -1.65. The lowest BCUT2D eigenvalue weighted by atomic mass is 10.6. The van der Waals surface area contributed by atoms with E-state index in [4.69, 9.17) is 0 Å². The van der Waals surface area contributed by atoms with Gasteiger partial charge in [-0.1, -0.05) is 40.3 Å². The van der Waals surface area contributed by atoms with Gasteiger partial charge in [0.25, 0.3) is 0 Å². The van der Waals surface area contributed by atoms with Crippen LogP contribution in [0.25, 0.3) is 0 Å². The molecule has 0 radical (unpaired) electrons. The van der Waals surface area contributed by atoms with Crippen molar-refractivity contribution in [1.82, 2.24) is 0 Å². The first-order valence-corrected chi connectivity index (χ1v) is 3.98. The van der Waals surface area contributed by atoms with Crippen molar-refractivity contribution in [2.45, 2.75) is 27.7 Å². The van der Waals surface area contributed by atoms with Gasteiger partial charge in [0.1, 0.15) is 0 Å². The zero-order valence-corrected chi connectivity index (χ0v) is 8.33. The number of rotatable bonds is 2. The van der Waals surface area contributed by atoms with Gasteiger partial charge >= 0.3 is 0 Å². The van der Waals surface area contributed by atoms with E-state index in [0.717, 1.165) is 0 Å². The lowest BCUT2D eigenvalue weighted by molar-refractivity contribution is 1.16. The monoisotopic (exact) mass is 156 g/mol. The van der Waals surface area contributed by atoms with E-state index in [1.807, 2.05) is 27.7 Å². The summed E-state index contributed by atoms with van der Waals surface area (Å²) in [5.74, 6) is 0. The first-order valence-electron chi connectivity index (χ1n) is 3.98. The summed E-state index contributed by atoms with van der Waals surface area (Å²) in [6, 6.07) is 0. The Bertz CT molecular complexity index is 93.7. The van der Waals surface area contributed by atoms with E-state index >= 15 is 0 Å². The fraction of sp³-hybridized carbons (Fsp3) is 0.556. The van der Waals surface area contributed by atoms with Crippen molar-refractivity contribution in [3.05, 3.63) is 24.9 Å². The standard InChI is InChI=1S/C5H8N2.2C2H6/c1-3-4-5-7-6-2;2*1-2/h3-5H,1H2,2H3;2*1-2H3/b5-4-,7-6?;;. The fourth-order valence-corrected chi connectivity index (χ4v) is 0.166. The number of hydrogen-bond acceptors (Lipinski definition) is 2. The maximum absolute atomic E-state index is 3.53. The summed E-state index contributed by atoms with van der Waals surface area (Å²) in [6.45, 7) is 11.4. The number of hydrogen-bond donors (Lipinski definition) is 0. The highest BCUT2D eigenvalue weighted by atomic mass is 15.1. The second-order valence-electron chi connectivity index (χ2n) is 0.893. The minimum Gasteiger partial charge on any atom is -0.193 e. The highest BCUT2D eigenvalue weighted by Crippen LogP contribution is 1.74. The Balaban J connectivity index is -0.000000138. The Kier molecular flexibility index (Phi) is 53.7. The molecule has 11 heavy (non-hydrogen) atoms. The molecule has 0 aromatic rings. The molecule has 0 aliphatic rings. The first kappa shape index (κ1) is 16.6. The van der Waals surface area contributed by atoms with E-state index in [2.05, 4.69) is 16.8 Å². The van der Waals surface area contributed by atoms with Crippen molar-refractivity contribution in [3.8, 4) is 0 Å². The lowest BCUT2D eigenvalue weighted by Crippen LogP contribution is -1.44. The second-order valence-corrected chi connectivity index (χ2v) is 0.893. The molecule has 0 spiro atoms. The topological polar surface area (TPSA) is 24.7 Å². The first-order chi connectivity index (χ1) is 5.41. The smallest absolute Gasteiger partial charge is 0.0491 e. The number of azo groups is 1. The van der Waals surface area contributed by atoms with Crippen molar-refractivity contribution >= 4 is 0 Å². The predicted octanol–water partition coefficient (Wildman–Crippen LogP) is 3.82. The van der Waals surface area contributed by atoms with Gasteiger partial charge in [0.2, 0.25) is 0 Å². The van der Waals surface area contributed by atoms with Gasteiger partial charge in [0.05, 0.1) is 0 Å². The SMILES string of the molecule is C=C/C=C\N=NC.CC.CC. The molecule has 0 fully saturated rings. The molecule has 0 bridgehead atoms. The molecule has 0 saturated heterocycles. The largest absolute Gasteiger partial charge is 0.193 e. The van der Waals surface area contributed by atoms with Crippen molar-refractivity contribution in [1.29, 1.82) is 0 Å². The van der Waals surface area contributed by atoms with Crippen molar-refractivity contribution < 1.29 is 0 Å². The molecule has 0 saturated carbocycles. The molecule has 0 rings (SSSR count). The Morgan fingerprint density at radius 2 is 1.55 bits per heavy atom. The molecule has 0 N–H and O–H groups in total. The number of allylic oxidation sites excluding steroid dienone is 2. The predicted molar refractivity (Wildman–Crippen MR) is 52.8 cm³/mol. The highest BCUT2D eigenvalue weighted by Gasteiger charge is 1.52. The Morgan fingerprint density at radius 3 is 1.82 bits per heavy atom. The molecule has 0 aromatic carbocycles. The number of nitrogens with zero attached hydrogens (tertiary/aromatic N) is 2. The average molecular weight is 156 g/mol. The van der Waals surface area contributed by atoms with Crippen LogP contribution in [0.2, 0.25) is 0 Å². The minimum absolute atomic E-state index is 1.58. The molecule has 0 amide bonds. The third-order valence-corrected chi connectivity index (χ3v) is 0.404. The molecular weight excluding hydrogens is 136 g/mol. The summed E-state index contributed by atoms with van der Waals surface area (Å²) in [6.07, 6.45) is 4.94. The zero-order chi connectivity index (χ0) is 9.54. The van der Waals surface area contributed by atoms with Crippen LogP contribution in [0.5, 0.6) is 0 Å². The van der Waals surface area contributed by atoms with Gasteiger partial charge in [0.15, 0.2) is 0 Å². The van der Waals surface area contributed by atoms with Crippen molar-refractivity contribution in [2.24, 2.45) is 10.2 Å². The Hall–Kier alpha value is -0.920. The van der Waals surface area contributed by atoms with Crippen LogP contribution in [0, 0.1) is 0 Å². The van der Waals surface area contributed by atoms with Crippen LogP contribution in [0.4, 0.5) is 0 Å². The van der Waals surface area contributed by atoms with Gasteiger partial charge in [-0.3, -0.25) is 0 Å². The average Bonchev–Trinajstić information content (AvgIpc) is 2.13. The van der Waals surface area contributed by atoms with Crippen molar-refractivity contribution in [3.63, 3.8) is 0 Å². The van der Waals surface area contributed by atoms with Crippen LogP contribution in [-0.4, -0.2) is 7.05 Å². The third kappa shape index (κ3) is 48.0. The Morgan fingerprint density at radius 1 is 1.09 bits per heavy atom. The molecule has 2 nitrogen and oxygen atoms in total. The molecule has 0 unspecified atom stereocenters. The zero-order valence-electron chi connectivity index (χ0n) is 8.33. The molecule has 2 heteroatoms. The normalized spacial score (nSPS) is 8.09. The van der Waals surface area contributed by atoms with Gasteiger partial charge in [0, 0.05) is 13.2 Å². The van der Waals surface area contributed by atoms with Crippen LogP contribution in [0.1, 0.15) is 27.7 Å². The second kappa shape index (κ2) is 35.6. The van der Waals surface area contributed by atoms with Gasteiger partial charge < -0.3 is 0 Å². The molecule has 0 aliphatic heterocycles. The summed E-state index contributed by atoms with van der Waals surface area (Å²) in [7, 11) is 1.62. The fourth-order valence-electron chi connectivity index (χ4n) is 0.166. The minimum atomic E-state index is 1.58. The summed E-state index contributed by atoms with van der Waals surface area (Å²) in [5.41, 5.74) is 0. The van der Waals surface area contributed by atoms with Crippen LogP contribution < -0.4 is 0 Å². The van der Waals surface area contributed by atoms with E-state index in [1.165, 1.54) is 0 Å². The molecule has 0 atom stereocenters. The van der Waals surface area contributed by atoms with Gasteiger partial charge in [-0.25, -0.2) is 0 Å². The van der Waals surface area contributed by atoms with E-state index < -0.39 is 0 Å². The molecule has 0 aromatic heterocycles. The molecule has 66 valence electrons. The third-order valence-electron chi connectivity index (χ3n) is 0.404. The quantitative estimate of drug-likeness (QED) is 0.429. The maximum Gasteiger partial charge on any atom is 0.0491 e. The van der Waals surface area contributed by atoms with E-state index in [9.17, 15) is 0 Å². The summed E-state index contributed by atoms with van der Waals surface area (Å²) < 4.78 is 0. The van der Waals surface area contributed by atoms with E-state index in [-0.39, 0.29) is 0 Å². The molecular formula is C9H20N2. The van der Waals surface area contributed by atoms with Crippen molar-refractivity contribution in [2.75, 3.05) is 7.05 Å². The van der Waals surface area contributed by atoms with Gasteiger partial charge in [-0.05, 0) is 6.08 Å². The van der Waals surface area contributed by atoms with Crippen LogP contribution >= 0.6 is 0 Å². The molecule has 0 aliphatic carbocycles. The van der Waals surface area contributed by atoms with Gasteiger partial charge in [-0.2, -0.15) is 10.2 Å². The molecule has 0 heterocycles. The van der Waals surface area contributed by atoms with Crippen LogP contribution in [0.3, 0.4) is 0 Å². The van der Waals surface area contributed by atoms with Crippen LogP contribution in [-0.2, 0) is 0 Å². The highest BCUT2D eigenvalue weighted by molar-refractivity contribution is 4.95. The summed E-state index contributed by atoms with van der Waals surface area (Å²) in [5, 5.41) is 7.00. The van der Waals surface area contributed by atoms with Crippen LogP contribution in [0.15, 0.2) is 35.2 Å². The van der Waals surface area contributed by atoms with Gasteiger partial charge in [-0.15, -0.1) is 0 Å². The Labute approximate surface area is 70.7 Å². The summed E-state index contributed by atoms with van der Waals surface area (Å²) in [4.78, 5) is 0.